The highest BCUT2D eigenvalue weighted by Crippen LogP contribution is 2.25. The van der Waals surface area contributed by atoms with Gasteiger partial charge in [-0.25, -0.2) is 8.42 Å². The molecule has 1 aliphatic rings. The minimum atomic E-state index is -3.57. The molecule has 1 saturated heterocycles. The number of carbonyl (C=O) groups excluding carboxylic acids is 1. The maximum Gasteiger partial charge on any atom is 0.243 e. The van der Waals surface area contributed by atoms with Gasteiger partial charge in [-0.05, 0) is 43.3 Å². The third-order valence-electron chi connectivity index (χ3n) is 4.65. The summed E-state index contributed by atoms with van der Waals surface area (Å²) in [7, 11) is -2.03. The molecule has 8 heteroatoms. The van der Waals surface area contributed by atoms with E-state index in [4.69, 9.17) is 4.74 Å². The second-order valence-electron chi connectivity index (χ2n) is 6.48. The molecule has 1 amide bonds. The molecule has 0 bridgehead atoms. The Morgan fingerprint density at radius 1 is 1.00 bits per heavy atom. The first-order valence-corrected chi connectivity index (χ1v) is 11.4. The van der Waals surface area contributed by atoms with E-state index < -0.39 is 10.0 Å². The molecule has 2 aromatic carbocycles. The molecule has 0 aromatic heterocycles. The highest BCUT2D eigenvalue weighted by Gasteiger charge is 2.31. The summed E-state index contributed by atoms with van der Waals surface area (Å²) in [5.74, 6) is 0.648. The van der Waals surface area contributed by atoms with Crippen LogP contribution in [0.3, 0.4) is 0 Å². The molecule has 6 nitrogen and oxygen atoms in total. The summed E-state index contributed by atoms with van der Waals surface area (Å²) in [6.45, 7) is 3.27. The van der Waals surface area contributed by atoms with Crippen LogP contribution < -0.4 is 4.74 Å². The minimum Gasteiger partial charge on any atom is -0.497 e. The van der Waals surface area contributed by atoms with Gasteiger partial charge >= 0.3 is 0 Å². The van der Waals surface area contributed by atoms with Crippen LogP contribution in [-0.2, 0) is 14.8 Å². The van der Waals surface area contributed by atoms with E-state index in [9.17, 15) is 13.2 Å². The number of hydrogen-bond acceptors (Lipinski definition) is 5. The Kier molecular flexibility index (Phi) is 6.64. The Balaban J connectivity index is 1.59. The lowest BCUT2D eigenvalue weighted by Crippen LogP contribution is -2.52. The van der Waals surface area contributed by atoms with Gasteiger partial charge in [0.25, 0.3) is 0 Å². The van der Waals surface area contributed by atoms with E-state index in [2.05, 4.69) is 0 Å². The first-order valence-electron chi connectivity index (χ1n) is 9.06. The molecule has 2 aromatic rings. The van der Waals surface area contributed by atoms with Gasteiger partial charge in [0.05, 0.1) is 17.3 Å². The second-order valence-corrected chi connectivity index (χ2v) is 9.83. The second kappa shape index (κ2) is 8.98. The summed E-state index contributed by atoms with van der Waals surface area (Å²) in [5.41, 5.74) is 0. The quantitative estimate of drug-likeness (QED) is 0.672. The lowest BCUT2D eigenvalue weighted by molar-refractivity contribution is -0.131. The Morgan fingerprint density at radius 2 is 1.61 bits per heavy atom. The summed E-state index contributed by atoms with van der Waals surface area (Å²) in [6, 6.07) is 16.2. The van der Waals surface area contributed by atoms with Crippen molar-refractivity contribution in [3.05, 3.63) is 54.6 Å². The van der Waals surface area contributed by atoms with Gasteiger partial charge in [-0.1, -0.05) is 18.2 Å². The van der Waals surface area contributed by atoms with Crippen molar-refractivity contribution in [2.75, 3.05) is 33.3 Å². The summed E-state index contributed by atoms with van der Waals surface area (Å²) < 4.78 is 32.1. The van der Waals surface area contributed by atoms with Crippen LogP contribution in [-0.4, -0.2) is 62.1 Å². The summed E-state index contributed by atoms with van der Waals surface area (Å²) in [4.78, 5) is 15.8. The largest absolute Gasteiger partial charge is 0.497 e. The fraction of sp³-hybridized carbons (Fsp3) is 0.350. The predicted octanol–water partition coefficient (Wildman–Crippen LogP) is 2.71. The third kappa shape index (κ3) is 4.68. The molecule has 28 heavy (non-hydrogen) atoms. The van der Waals surface area contributed by atoms with E-state index in [-0.39, 0.29) is 16.1 Å². The molecule has 150 valence electrons. The van der Waals surface area contributed by atoms with E-state index >= 15 is 0 Å². The van der Waals surface area contributed by atoms with E-state index in [1.807, 2.05) is 37.3 Å². The zero-order chi connectivity index (χ0) is 20.1. The van der Waals surface area contributed by atoms with Crippen molar-refractivity contribution in [3.8, 4) is 5.75 Å². The van der Waals surface area contributed by atoms with Gasteiger partial charge in [0.1, 0.15) is 5.75 Å². The molecule has 0 saturated carbocycles. The molecule has 1 atom stereocenters. The number of hydrogen-bond donors (Lipinski definition) is 0. The van der Waals surface area contributed by atoms with Gasteiger partial charge in [-0.15, -0.1) is 11.8 Å². The van der Waals surface area contributed by atoms with Crippen LogP contribution in [0.5, 0.6) is 5.75 Å². The summed E-state index contributed by atoms with van der Waals surface area (Å²) >= 11 is 1.52. The third-order valence-corrected chi connectivity index (χ3v) is 7.66. The molecule has 1 heterocycles. The Labute approximate surface area is 170 Å². The van der Waals surface area contributed by atoms with Crippen molar-refractivity contribution < 1.29 is 17.9 Å². The number of amides is 1. The lowest BCUT2D eigenvalue weighted by Gasteiger charge is -2.35. The van der Waals surface area contributed by atoms with Crippen molar-refractivity contribution in [2.45, 2.75) is 22.0 Å². The van der Waals surface area contributed by atoms with Crippen LogP contribution in [0.25, 0.3) is 0 Å². The first kappa shape index (κ1) is 20.7. The smallest absolute Gasteiger partial charge is 0.243 e. The number of benzene rings is 2. The van der Waals surface area contributed by atoms with Crippen molar-refractivity contribution in [3.63, 3.8) is 0 Å². The van der Waals surface area contributed by atoms with Gasteiger partial charge in [-0.2, -0.15) is 4.31 Å². The Morgan fingerprint density at radius 3 is 2.18 bits per heavy atom. The number of carbonyl (C=O) groups is 1. The number of piperazine rings is 1. The van der Waals surface area contributed by atoms with E-state index in [0.717, 1.165) is 4.90 Å². The van der Waals surface area contributed by atoms with E-state index in [0.29, 0.717) is 31.9 Å². The van der Waals surface area contributed by atoms with Crippen molar-refractivity contribution >= 4 is 27.7 Å². The number of rotatable bonds is 6. The lowest BCUT2D eigenvalue weighted by atomic mass is 10.3. The van der Waals surface area contributed by atoms with Gasteiger partial charge in [0.2, 0.25) is 15.9 Å². The molecular weight excluding hydrogens is 396 g/mol. The molecule has 0 spiro atoms. The fourth-order valence-corrected chi connectivity index (χ4v) is 5.45. The standard InChI is InChI=1S/C20H24N2O4S2/c1-16(27-18-6-4-3-5-7-18)20(23)21-12-14-22(15-13-21)28(24,25)19-10-8-17(26-2)9-11-19/h3-11,16H,12-15H2,1-2H3. The highest BCUT2D eigenvalue weighted by atomic mass is 32.2. The highest BCUT2D eigenvalue weighted by molar-refractivity contribution is 8.00. The van der Waals surface area contributed by atoms with Gasteiger partial charge in [0.15, 0.2) is 0 Å². The average Bonchev–Trinajstić information content (AvgIpc) is 2.74. The maximum absolute atomic E-state index is 12.8. The van der Waals surface area contributed by atoms with Gasteiger partial charge in [0, 0.05) is 31.1 Å². The molecule has 1 unspecified atom stereocenters. The normalized spacial score (nSPS) is 16.6. The van der Waals surface area contributed by atoms with Crippen LogP contribution in [0.1, 0.15) is 6.92 Å². The molecule has 3 rings (SSSR count). The number of nitrogens with zero attached hydrogens (tertiary/aromatic N) is 2. The van der Waals surface area contributed by atoms with Crippen molar-refractivity contribution in [2.24, 2.45) is 0 Å². The predicted molar refractivity (Wildman–Crippen MR) is 110 cm³/mol. The summed E-state index contributed by atoms with van der Waals surface area (Å²) in [5, 5.41) is -0.216. The molecule has 0 N–H and O–H groups in total. The maximum atomic E-state index is 12.8. The van der Waals surface area contributed by atoms with Crippen LogP contribution in [0.4, 0.5) is 0 Å². The molecule has 1 aliphatic heterocycles. The van der Waals surface area contributed by atoms with E-state index in [1.165, 1.54) is 23.2 Å². The monoisotopic (exact) mass is 420 g/mol. The summed E-state index contributed by atoms with van der Waals surface area (Å²) in [6.07, 6.45) is 0. The Hall–Kier alpha value is -2.03. The number of thioether (sulfide) groups is 1. The average molecular weight is 421 g/mol. The number of methoxy groups -OCH3 is 1. The molecular formula is C20H24N2O4S2. The van der Waals surface area contributed by atoms with Crippen molar-refractivity contribution in [1.29, 1.82) is 0 Å². The minimum absolute atomic E-state index is 0.0374. The fourth-order valence-electron chi connectivity index (χ4n) is 3.06. The molecule has 0 aliphatic carbocycles. The van der Waals surface area contributed by atoms with Gasteiger partial charge < -0.3 is 9.64 Å². The van der Waals surface area contributed by atoms with Crippen LogP contribution >= 0.6 is 11.8 Å². The SMILES string of the molecule is COc1ccc(S(=O)(=O)N2CCN(C(=O)C(C)Sc3ccccc3)CC2)cc1. The zero-order valence-electron chi connectivity index (χ0n) is 15.9. The van der Waals surface area contributed by atoms with Crippen LogP contribution in [0.15, 0.2) is 64.4 Å². The topological polar surface area (TPSA) is 66.9 Å². The molecule has 0 radical (unpaired) electrons. The zero-order valence-corrected chi connectivity index (χ0v) is 17.6. The Bertz CT molecular complexity index is 894. The van der Waals surface area contributed by atoms with Gasteiger partial charge in [-0.3, -0.25) is 4.79 Å². The van der Waals surface area contributed by atoms with Crippen LogP contribution in [0, 0.1) is 0 Å². The molecule has 1 fully saturated rings. The van der Waals surface area contributed by atoms with Crippen molar-refractivity contribution in [1.82, 2.24) is 9.21 Å². The van der Waals surface area contributed by atoms with Crippen LogP contribution in [0.2, 0.25) is 0 Å². The number of sulfonamides is 1. The number of ether oxygens (including phenoxy) is 1. The van der Waals surface area contributed by atoms with E-state index in [1.54, 1.807) is 29.2 Å². The first-order chi connectivity index (χ1) is 13.4.